The molecule has 4 heteroatoms. The molecule has 0 fully saturated rings. The van der Waals surface area contributed by atoms with E-state index in [9.17, 15) is 9.18 Å². The second kappa shape index (κ2) is 4.56. The Kier molecular flexibility index (Phi) is 3.10. The Morgan fingerprint density at radius 3 is 2.72 bits per heavy atom. The Labute approximate surface area is 104 Å². The summed E-state index contributed by atoms with van der Waals surface area (Å²) in [5.41, 5.74) is 2.51. The normalized spacial score (nSPS) is 11.3. The van der Waals surface area contributed by atoms with Crippen LogP contribution in [0.2, 0.25) is 0 Å². The van der Waals surface area contributed by atoms with Crippen LogP contribution >= 0.6 is 0 Å². The second-order valence-corrected chi connectivity index (χ2v) is 4.15. The number of carbonyl (C=O) groups is 1. The fourth-order valence-electron chi connectivity index (χ4n) is 1.90. The third-order valence-corrected chi connectivity index (χ3v) is 2.64. The molecule has 0 radical (unpaired) electrons. The molecule has 0 aliphatic rings. The zero-order valence-electron chi connectivity index (χ0n) is 10.1. The van der Waals surface area contributed by atoms with Gasteiger partial charge in [-0.1, -0.05) is 0 Å². The molecule has 1 N–H and O–H groups in total. The molecule has 1 aromatic carbocycles. The number of aryl methyl sites for hydroxylation is 2. The highest BCUT2D eigenvalue weighted by Crippen LogP contribution is 2.23. The fraction of sp³-hybridized carbons (Fsp3) is 0.143. The number of fused-ring (bicyclic) bond motifs is 1. The summed E-state index contributed by atoms with van der Waals surface area (Å²) < 4.78 is 13.9. The summed E-state index contributed by atoms with van der Waals surface area (Å²) >= 11 is 0. The van der Waals surface area contributed by atoms with Crippen molar-refractivity contribution < 1.29 is 14.3 Å². The molecular weight excluding hydrogens is 233 g/mol. The zero-order valence-corrected chi connectivity index (χ0v) is 10.1. The summed E-state index contributed by atoms with van der Waals surface area (Å²) in [6.07, 6.45) is 2.35. The minimum atomic E-state index is -1.06. The number of pyridine rings is 1. The number of aliphatic carboxylic acids is 1. The molecule has 3 nitrogen and oxygen atoms in total. The molecule has 0 unspecified atom stereocenters. The van der Waals surface area contributed by atoms with Crippen molar-refractivity contribution in [2.75, 3.05) is 0 Å². The summed E-state index contributed by atoms with van der Waals surface area (Å²) in [5, 5.41) is 9.26. The lowest BCUT2D eigenvalue weighted by molar-refractivity contribution is -0.131. The van der Waals surface area contributed by atoms with Crippen LogP contribution in [0.25, 0.3) is 17.0 Å². The van der Waals surface area contributed by atoms with Gasteiger partial charge in [0.2, 0.25) is 0 Å². The van der Waals surface area contributed by atoms with Crippen molar-refractivity contribution in [1.29, 1.82) is 0 Å². The van der Waals surface area contributed by atoms with Crippen molar-refractivity contribution in [1.82, 2.24) is 4.98 Å². The summed E-state index contributed by atoms with van der Waals surface area (Å²) in [4.78, 5) is 14.6. The fourth-order valence-corrected chi connectivity index (χ4v) is 1.90. The van der Waals surface area contributed by atoms with Crippen molar-refractivity contribution in [3.8, 4) is 0 Å². The van der Waals surface area contributed by atoms with Gasteiger partial charge in [0.25, 0.3) is 0 Å². The van der Waals surface area contributed by atoms with Crippen LogP contribution in [-0.2, 0) is 4.79 Å². The summed E-state index contributed by atoms with van der Waals surface area (Å²) in [5.74, 6) is -1.50. The molecular formula is C14H12FNO2. The highest BCUT2D eigenvalue weighted by Gasteiger charge is 2.07. The summed E-state index contributed by atoms with van der Waals surface area (Å²) in [7, 11) is 0. The minimum Gasteiger partial charge on any atom is -0.478 e. The van der Waals surface area contributed by atoms with E-state index in [0.717, 1.165) is 17.3 Å². The second-order valence-electron chi connectivity index (χ2n) is 4.15. The van der Waals surface area contributed by atoms with Crippen molar-refractivity contribution in [3.05, 3.63) is 46.9 Å². The van der Waals surface area contributed by atoms with Gasteiger partial charge in [-0.3, -0.25) is 4.98 Å². The Hall–Kier alpha value is -2.23. The van der Waals surface area contributed by atoms with Gasteiger partial charge >= 0.3 is 5.97 Å². The van der Waals surface area contributed by atoms with Gasteiger partial charge in [-0.25, -0.2) is 9.18 Å². The first-order valence-corrected chi connectivity index (χ1v) is 5.46. The van der Waals surface area contributed by atoms with Gasteiger partial charge in [0.15, 0.2) is 0 Å². The van der Waals surface area contributed by atoms with Gasteiger partial charge in [0.05, 0.1) is 0 Å². The third-order valence-electron chi connectivity index (χ3n) is 2.64. The highest BCUT2D eigenvalue weighted by atomic mass is 19.1. The van der Waals surface area contributed by atoms with Gasteiger partial charge in [0, 0.05) is 17.2 Å². The van der Waals surface area contributed by atoms with E-state index in [-0.39, 0.29) is 0 Å². The SMILES string of the molecule is Cc1cc(C)c2cc(/C=C/C(=O)O)cc(F)c2n1. The van der Waals surface area contributed by atoms with Crippen LogP contribution < -0.4 is 0 Å². The van der Waals surface area contributed by atoms with Gasteiger partial charge < -0.3 is 5.11 Å². The molecule has 1 aromatic heterocycles. The molecule has 0 saturated carbocycles. The molecule has 0 aliphatic heterocycles. The lowest BCUT2D eigenvalue weighted by Gasteiger charge is -2.06. The average Bonchev–Trinajstić information content (AvgIpc) is 2.28. The standard InChI is InChI=1S/C14H12FNO2/c1-8-5-9(2)16-14-11(8)6-10(7-12(14)15)3-4-13(17)18/h3-7H,1-2H3,(H,17,18)/b4-3+. The van der Waals surface area contributed by atoms with E-state index in [1.807, 2.05) is 19.9 Å². The lowest BCUT2D eigenvalue weighted by Crippen LogP contribution is -1.92. The summed E-state index contributed by atoms with van der Waals surface area (Å²) in [6.45, 7) is 3.69. The maximum Gasteiger partial charge on any atom is 0.328 e. The predicted octanol–water partition coefficient (Wildman–Crippen LogP) is 3.09. The molecule has 0 saturated heterocycles. The molecule has 1 heterocycles. The molecule has 0 aliphatic carbocycles. The van der Waals surface area contributed by atoms with Crippen LogP contribution in [0.15, 0.2) is 24.3 Å². The Morgan fingerprint density at radius 2 is 2.06 bits per heavy atom. The quantitative estimate of drug-likeness (QED) is 0.827. The van der Waals surface area contributed by atoms with Crippen LogP contribution in [0.3, 0.4) is 0 Å². The van der Waals surface area contributed by atoms with E-state index in [1.165, 1.54) is 12.1 Å². The maximum absolute atomic E-state index is 13.9. The number of hydrogen-bond acceptors (Lipinski definition) is 2. The summed E-state index contributed by atoms with van der Waals surface area (Å²) in [6, 6.07) is 4.89. The maximum atomic E-state index is 13.9. The van der Waals surface area contributed by atoms with E-state index in [1.54, 1.807) is 6.07 Å². The third kappa shape index (κ3) is 2.37. The topological polar surface area (TPSA) is 50.2 Å². The van der Waals surface area contributed by atoms with Gasteiger partial charge in [-0.2, -0.15) is 0 Å². The lowest BCUT2D eigenvalue weighted by atomic mass is 10.0. The van der Waals surface area contributed by atoms with Crippen LogP contribution in [0.4, 0.5) is 4.39 Å². The Morgan fingerprint density at radius 1 is 1.33 bits per heavy atom. The van der Waals surface area contributed by atoms with E-state index < -0.39 is 11.8 Å². The monoisotopic (exact) mass is 245 g/mol. The number of hydrogen-bond donors (Lipinski definition) is 1. The first-order chi connectivity index (χ1) is 8.47. The van der Waals surface area contributed by atoms with Crippen LogP contribution in [0, 0.1) is 19.7 Å². The van der Waals surface area contributed by atoms with E-state index in [4.69, 9.17) is 5.11 Å². The number of carboxylic acids is 1. The van der Waals surface area contributed by atoms with E-state index >= 15 is 0 Å². The minimum absolute atomic E-state index is 0.319. The number of nitrogens with zero attached hydrogens (tertiary/aromatic N) is 1. The van der Waals surface area contributed by atoms with Crippen LogP contribution in [-0.4, -0.2) is 16.1 Å². The molecule has 2 rings (SSSR count). The first kappa shape index (κ1) is 12.2. The number of rotatable bonds is 2. The Bertz CT molecular complexity index is 662. The van der Waals surface area contributed by atoms with Crippen LogP contribution in [0.5, 0.6) is 0 Å². The van der Waals surface area contributed by atoms with Crippen LogP contribution in [0.1, 0.15) is 16.8 Å². The van der Waals surface area contributed by atoms with Crippen molar-refractivity contribution >= 4 is 22.9 Å². The smallest absolute Gasteiger partial charge is 0.328 e. The highest BCUT2D eigenvalue weighted by molar-refractivity contribution is 5.88. The van der Waals surface area contributed by atoms with Gasteiger partial charge in [-0.05, 0) is 49.2 Å². The first-order valence-electron chi connectivity index (χ1n) is 5.46. The number of carboxylic acid groups (broad SMARTS) is 1. The number of halogens is 1. The molecule has 0 spiro atoms. The van der Waals surface area contributed by atoms with Gasteiger partial charge in [0.1, 0.15) is 11.3 Å². The zero-order chi connectivity index (χ0) is 13.3. The van der Waals surface area contributed by atoms with Crippen molar-refractivity contribution in [2.45, 2.75) is 13.8 Å². The number of benzene rings is 1. The Balaban J connectivity index is 2.65. The average molecular weight is 245 g/mol. The molecule has 0 amide bonds. The molecule has 0 atom stereocenters. The molecule has 92 valence electrons. The number of aromatic nitrogens is 1. The predicted molar refractivity (Wildman–Crippen MR) is 67.8 cm³/mol. The van der Waals surface area contributed by atoms with E-state index in [2.05, 4.69) is 4.98 Å². The largest absolute Gasteiger partial charge is 0.478 e. The molecule has 18 heavy (non-hydrogen) atoms. The molecule has 2 aromatic rings. The van der Waals surface area contributed by atoms with E-state index in [0.29, 0.717) is 16.5 Å². The van der Waals surface area contributed by atoms with Gasteiger partial charge in [-0.15, -0.1) is 0 Å². The van der Waals surface area contributed by atoms with Crippen molar-refractivity contribution in [3.63, 3.8) is 0 Å². The van der Waals surface area contributed by atoms with Crippen molar-refractivity contribution in [2.24, 2.45) is 0 Å². The molecule has 0 bridgehead atoms.